The van der Waals surface area contributed by atoms with Crippen molar-refractivity contribution in [2.24, 2.45) is 0 Å². The van der Waals surface area contributed by atoms with E-state index in [2.05, 4.69) is 25.2 Å². The SMILES string of the molecule is c1ccc2c(c1)nnn2Oc1ccnc(N2CCOCC2)n1. The summed E-state index contributed by atoms with van der Waals surface area (Å²) in [5, 5.41) is 8.03. The van der Waals surface area contributed by atoms with Crippen molar-refractivity contribution >= 4 is 17.0 Å². The summed E-state index contributed by atoms with van der Waals surface area (Å²) in [4.78, 5) is 17.8. The summed E-state index contributed by atoms with van der Waals surface area (Å²) in [7, 11) is 0. The largest absolute Gasteiger partial charge is 0.378 e. The number of para-hydroxylation sites is 1. The molecule has 22 heavy (non-hydrogen) atoms. The molecular formula is C14H14N6O2. The van der Waals surface area contributed by atoms with E-state index in [9.17, 15) is 0 Å². The zero-order valence-corrected chi connectivity index (χ0v) is 11.8. The Bertz CT molecular complexity index is 784. The first kappa shape index (κ1) is 13.0. The molecule has 4 rings (SSSR count). The number of ether oxygens (including phenoxy) is 1. The zero-order chi connectivity index (χ0) is 14.8. The molecule has 3 aromatic rings. The Morgan fingerprint density at radius 2 is 1.95 bits per heavy atom. The summed E-state index contributed by atoms with van der Waals surface area (Å²) in [6.07, 6.45) is 1.67. The predicted molar refractivity (Wildman–Crippen MR) is 78.6 cm³/mol. The molecule has 0 saturated carbocycles. The van der Waals surface area contributed by atoms with Crippen LogP contribution >= 0.6 is 0 Å². The molecule has 0 bridgehead atoms. The van der Waals surface area contributed by atoms with E-state index >= 15 is 0 Å². The fourth-order valence-corrected chi connectivity index (χ4v) is 2.30. The summed E-state index contributed by atoms with van der Waals surface area (Å²) in [6, 6.07) is 9.27. The van der Waals surface area contributed by atoms with Gasteiger partial charge in [-0.15, -0.1) is 5.10 Å². The minimum atomic E-state index is 0.423. The van der Waals surface area contributed by atoms with Crippen LogP contribution in [0, 0.1) is 0 Å². The Morgan fingerprint density at radius 1 is 1.09 bits per heavy atom. The second-order valence-corrected chi connectivity index (χ2v) is 4.84. The third-order valence-electron chi connectivity index (χ3n) is 3.41. The molecule has 1 fully saturated rings. The van der Waals surface area contributed by atoms with Gasteiger partial charge in [0.2, 0.25) is 5.95 Å². The van der Waals surface area contributed by atoms with Gasteiger partial charge < -0.3 is 14.5 Å². The van der Waals surface area contributed by atoms with Crippen LogP contribution in [0.4, 0.5) is 5.95 Å². The van der Waals surface area contributed by atoms with Crippen molar-refractivity contribution in [3.63, 3.8) is 0 Å². The number of anilines is 1. The molecule has 112 valence electrons. The van der Waals surface area contributed by atoms with E-state index < -0.39 is 0 Å². The first-order valence-electron chi connectivity index (χ1n) is 7.05. The van der Waals surface area contributed by atoms with Crippen LogP contribution in [0.2, 0.25) is 0 Å². The highest BCUT2D eigenvalue weighted by Gasteiger charge is 2.15. The molecule has 1 aliphatic rings. The molecule has 0 amide bonds. The predicted octanol–water partition coefficient (Wildman–Crippen LogP) is 0.900. The molecule has 0 spiro atoms. The number of rotatable bonds is 3. The van der Waals surface area contributed by atoms with E-state index in [0.29, 0.717) is 25.0 Å². The van der Waals surface area contributed by atoms with Gasteiger partial charge in [0, 0.05) is 25.4 Å². The van der Waals surface area contributed by atoms with Gasteiger partial charge in [0.1, 0.15) is 11.0 Å². The first-order chi connectivity index (χ1) is 10.9. The molecule has 8 heteroatoms. The average Bonchev–Trinajstić information content (AvgIpc) is 2.99. The maximum absolute atomic E-state index is 5.70. The third kappa shape index (κ3) is 2.44. The van der Waals surface area contributed by atoms with Crippen LogP contribution in [0.25, 0.3) is 11.0 Å². The van der Waals surface area contributed by atoms with Crippen molar-refractivity contribution in [3.8, 4) is 5.88 Å². The van der Waals surface area contributed by atoms with Crippen molar-refractivity contribution < 1.29 is 9.57 Å². The molecule has 0 aliphatic carbocycles. The standard InChI is InChI=1S/C14H14N6O2/c1-2-4-12-11(3-1)17-18-20(12)22-13-5-6-15-14(16-13)19-7-9-21-10-8-19/h1-6H,7-10H2. The van der Waals surface area contributed by atoms with Gasteiger partial charge in [-0.3, -0.25) is 0 Å². The van der Waals surface area contributed by atoms with Gasteiger partial charge in [0.15, 0.2) is 0 Å². The van der Waals surface area contributed by atoms with E-state index in [1.807, 2.05) is 24.3 Å². The van der Waals surface area contributed by atoms with Crippen LogP contribution in [0.3, 0.4) is 0 Å². The van der Waals surface area contributed by atoms with E-state index in [1.165, 1.54) is 4.85 Å². The van der Waals surface area contributed by atoms with Gasteiger partial charge in [-0.05, 0) is 17.3 Å². The summed E-state index contributed by atoms with van der Waals surface area (Å²) < 4.78 is 5.33. The molecular weight excluding hydrogens is 284 g/mol. The van der Waals surface area contributed by atoms with E-state index in [0.717, 1.165) is 24.1 Å². The molecule has 1 aromatic carbocycles. The molecule has 0 atom stereocenters. The highest BCUT2D eigenvalue weighted by Crippen LogP contribution is 2.16. The lowest BCUT2D eigenvalue weighted by atomic mass is 10.3. The molecule has 1 aliphatic heterocycles. The molecule has 3 heterocycles. The highest BCUT2D eigenvalue weighted by atomic mass is 16.7. The second kappa shape index (κ2) is 5.57. The first-order valence-corrected chi connectivity index (χ1v) is 7.05. The Hall–Kier alpha value is -2.74. The summed E-state index contributed by atoms with van der Waals surface area (Å²) >= 11 is 0. The van der Waals surface area contributed by atoms with Gasteiger partial charge in [-0.25, -0.2) is 4.98 Å². The number of aromatic nitrogens is 5. The highest BCUT2D eigenvalue weighted by molar-refractivity contribution is 5.73. The monoisotopic (exact) mass is 298 g/mol. The fraction of sp³-hybridized carbons (Fsp3) is 0.286. The van der Waals surface area contributed by atoms with Crippen molar-refractivity contribution in [1.29, 1.82) is 0 Å². The summed E-state index contributed by atoms with van der Waals surface area (Å²) in [6.45, 7) is 2.91. The van der Waals surface area contributed by atoms with Gasteiger partial charge in [-0.2, -0.15) is 4.98 Å². The van der Waals surface area contributed by atoms with Gasteiger partial charge >= 0.3 is 0 Å². The van der Waals surface area contributed by atoms with E-state index in [1.54, 1.807) is 12.3 Å². The smallest absolute Gasteiger partial charge is 0.253 e. The van der Waals surface area contributed by atoms with Crippen LogP contribution in [0.5, 0.6) is 5.88 Å². The molecule has 0 N–H and O–H groups in total. The third-order valence-corrected chi connectivity index (χ3v) is 3.41. The van der Waals surface area contributed by atoms with Crippen molar-refractivity contribution in [2.75, 3.05) is 31.2 Å². The fourth-order valence-electron chi connectivity index (χ4n) is 2.30. The minimum absolute atomic E-state index is 0.423. The maximum Gasteiger partial charge on any atom is 0.253 e. The Labute approximate surface area is 126 Å². The quantitative estimate of drug-likeness (QED) is 0.711. The van der Waals surface area contributed by atoms with Gasteiger partial charge in [0.25, 0.3) is 5.88 Å². The molecule has 2 aromatic heterocycles. The van der Waals surface area contributed by atoms with E-state index in [4.69, 9.17) is 9.57 Å². The van der Waals surface area contributed by atoms with Crippen molar-refractivity contribution in [2.45, 2.75) is 0 Å². The van der Waals surface area contributed by atoms with Crippen molar-refractivity contribution in [3.05, 3.63) is 36.5 Å². The number of nitrogens with zero attached hydrogens (tertiary/aromatic N) is 6. The lowest BCUT2D eigenvalue weighted by molar-refractivity contribution is 0.121. The molecule has 1 saturated heterocycles. The second-order valence-electron chi connectivity index (χ2n) is 4.84. The Balaban J connectivity index is 1.60. The van der Waals surface area contributed by atoms with E-state index in [-0.39, 0.29) is 0 Å². The molecule has 0 unspecified atom stereocenters. The van der Waals surface area contributed by atoms with Crippen LogP contribution in [-0.4, -0.2) is 51.4 Å². The lowest BCUT2D eigenvalue weighted by Gasteiger charge is -2.26. The average molecular weight is 298 g/mol. The van der Waals surface area contributed by atoms with Gasteiger partial charge in [0.05, 0.1) is 13.2 Å². The van der Waals surface area contributed by atoms with Crippen LogP contribution in [0.1, 0.15) is 0 Å². The van der Waals surface area contributed by atoms with Crippen molar-refractivity contribution in [1.82, 2.24) is 25.1 Å². The Kier molecular flexibility index (Phi) is 3.28. The number of benzene rings is 1. The van der Waals surface area contributed by atoms with Gasteiger partial charge in [-0.1, -0.05) is 17.0 Å². The summed E-state index contributed by atoms with van der Waals surface area (Å²) in [5.41, 5.74) is 1.55. The summed E-state index contributed by atoms with van der Waals surface area (Å²) in [5.74, 6) is 1.05. The number of hydrogen-bond acceptors (Lipinski definition) is 7. The maximum atomic E-state index is 5.70. The number of morpholine rings is 1. The molecule has 0 radical (unpaired) electrons. The van der Waals surface area contributed by atoms with Crippen LogP contribution in [-0.2, 0) is 4.74 Å². The van der Waals surface area contributed by atoms with Crippen LogP contribution in [0.15, 0.2) is 36.5 Å². The topological polar surface area (TPSA) is 78.2 Å². The zero-order valence-electron chi connectivity index (χ0n) is 11.8. The van der Waals surface area contributed by atoms with Crippen LogP contribution < -0.4 is 9.74 Å². The number of fused-ring (bicyclic) bond motifs is 1. The molecule has 8 nitrogen and oxygen atoms in total. The lowest BCUT2D eigenvalue weighted by Crippen LogP contribution is -2.37. The normalized spacial score (nSPS) is 15.2. The minimum Gasteiger partial charge on any atom is -0.378 e. The number of hydrogen-bond donors (Lipinski definition) is 0. The Morgan fingerprint density at radius 3 is 2.86 bits per heavy atom.